The highest BCUT2D eigenvalue weighted by Gasteiger charge is 2.42. The maximum Gasteiger partial charge on any atom is 0.273 e. The van der Waals surface area contributed by atoms with E-state index in [-0.39, 0.29) is 17.3 Å². The number of nitrogens with one attached hydrogen (secondary N) is 1. The van der Waals surface area contributed by atoms with E-state index in [0.717, 1.165) is 11.1 Å². The van der Waals surface area contributed by atoms with Crippen molar-refractivity contribution < 1.29 is 14.8 Å². The van der Waals surface area contributed by atoms with Gasteiger partial charge in [0.2, 0.25) is 0 Å². The van der Waals surface area contributed by atoms with Gasteiger partial charge in [-0.05, 0) is 35.4 Å². The van der Waals surface area contributed by atoms with Crippen molar-refractivity contribution >= 4 is 11.6 Å². The quantitative estimate of drug-likeness (QED) is 0.362. The molecule has 158 valence electrons. The van der Waals surface area contributed by atoms with Crippen LogP contribution in [-0.2, 0) is 6.54 Å². The van der Waals surface area contributed by atoms with Gasteiger partial charge in [-0.25, -0.2) is 0 Å². The van der Waals surface area contributed by atoms with E-state index in [1.54, 1.807) is 41.3 Å². The third kappa shape index (κ3) is 3.18. The number of H-pyrrole nitrogens is 1. The van der Waals surface area contributed by atoms with Gasteiger partial charge in [-0.3, -0.25) is 20.0 Å². The van der Waals surface area contributed by atoms with Crippen molar-refractivity contribution in [2.24, 2.45) is 0 Å². The number of phenols is 1. The van der Waals surface area contributed by atoms with E-state index < -0.39 is 11.0 Å². The monoisotopic (exact) mass is 426 g/mol. The van der Waals surface area contributed by atoms with Crippen LogP contribution in [0.15, 0.2) is 78.9 Å². The first-order valence-corrected chi connectivity index (χ1v) is 10.0. The first-order valence-electron chi connectivity index (χ1n) is 10.0. The van der Waals surface area contributed by atoms with E-state index >= 15 is 0 Å². The van der Waals surface area contributed by atoms with Crippen LogP contribution in [0, 0.1) is 10.1 Å². The number of aromatic nitrogens is 2. The van der Waals surface area contributed by atoms with E-state index in [9.17, 15) is 20.0 Å². The van der Waals surface area contributed by atoms with Crippen molar-refractivity contribution in [1.29, 1.82) is 0 Å². The van der Waals surface area contributed by atoms with Crippen LogP contribution < -0.4 is 0 Å². The molecule has 1 atom stereocenters. The van der Waals surface area contributed by atoms with Crippen LogP contribution in [0.25, 0.3) is 11.3 Å². The molecule has 0 spiro atoms. The van der Waals surface area contributed by atoms with Gasteiger partial charge in [0.15, 0.2) is 0 Å². The molecule has 0 fully saturated rings. The maximum absolute atomic E-state index is 13.4. The third-order valence-corrected chi connectivity index (χ3v) is 5.64. The van der Waals surface area contributed by atoms with E-state index in [2.05, 4.69) is 10.2 Å². The summed E-state index contributed by atoms with van der Waals surface area (Å²) in [5.41, 5.74) is 3.62. The molecular weight excluding hydrogens is 408 g/mol. The molecule has 8 heteroatoms. The standard InChI is InChI=1S/C24H18N4O4/c29-19-9-5-4-8-18(19)21-20-22(26-25-21)24(30)27(14-15-6-2-1-3-7-15)23(20)16-10-12-17(13-11-16)28(31)32/h1-13,23,29H,14H2,(H,25,26). The number of fused-ring (bicyclic) bond motifs is 1. The van der Waals surface area contributed by atoms with Crippen molar-refractivity contribution in [2.45, 2.75) is 12.6 Å². The molecule has 0 bridgehead atoms. The summed E-state index contributed by atoms with van der Waals surface area (Å²) in [4.78, 5) is 25.8. The Hall–Kier alpha value is -4.46. The van der Waals surface area contributed by atoms with Crippen molar-refractivity contribution in [3.05, 3.63) is 111 Å². The average Bonchev–Trinajstić information content (AvgIpc) is 3.34. The van der Waals surface area contributed by atoms with Crippen LogP contribution >= 0.6 is 0 Å². The van der Waals surface area contributed by atoms with Crippen LogP contribution in [-0.4, -0.2) is 31.0 Å². The Morgan fingerprint density at radius 2 is 1.69 bits per heavy atom. The summed E-state index contributed by atoms with van der Waals surface area (Å²) >= 11 is 0. The van der Waals surface area contributed by atoms with Crippen LogP contribution in [0.3, 0.4) is 0 Å². The highest BCUT2D eigenvalue weighted by atomic mass is 16.6. The van der Waals surface area contributed by atoms with Gasteiger partial charge in [0, 0.05) is 29.8 Å². The van der Waals surface area contributed by atoms with Crippen molar-refractivity contribution in [3.63, 3.8) is 0 Å². The highest BCUT2D eigenvalue weighted by molar-refractivity contribution is 6.00. The molecule has 0 aliphatic carbocycles. The number of para-hydroxylation sites is 1. The number of rotatable bonds is 5. The lowest BCUT2D eigenvalue weighted by molar-refractivity contribution is -0.384. The molecule has 2 N–H and O–H groups in total. The summed E-state index contributed by atoms with van der Waals surface area (Å²) in [5, 5.41) is 28.7. The zero-order chi connectivity index (χ0) is 22.2. The van der Waals surface area contributed by atoms with E-state index in [1.807, 2.05) is 30.3 Å². The van der Waals surface area contributed by atoms with E-state index in [1.165, 1.54) is 12.1 Å². The predicted octanol–water partition coefficient (Wildman–Crippen LogP) is 4.44. The fourth-order valence-electron chi connectivity index (χ4n) is 4.14. The second-order valence-electron chi connectivity index (χ2n) is 7.55. The fourth-order valence-corrected chi connectivity index (χ4v) is 4.14. The number of non-ortho nitro benzene ring substituents is 1. The minimum Gasteiger partial charge on any atom is -0.507 e. The number of aromatic hydroxyl groups is 1. The number of hydrogen-bond donors (Lipinski definition) is 2. The lowest BCUT2D eigenvalue weighted by Crippen LogP contribution is -2.29. The average molecular weight is 426 g/mol. The molecule has 1 aliphatic heterocycles. The number of carbonyl (C=O) groups is 1. The molecule has 1 unspecified atom stereocenters. The van der Waals surface area contributed by atoms with Gasteiger partial charge >= 0.3 is 0 Å². The SMILES string of the molecule is O=C1c2[nH]nc(-c3ccccc3O)c2C(c2ccc([N+](=O)[O-])cc2)N1Cc1ccccc1. The second-order valence-corrected chi connectivity index (χ2v) is 7.55. The molecule has 4 aromatic rings. The number of nitrogens with zero attached hydrogens (tertiary/aromatic N) is 3. The molecule has 0 radical (unpaired) electrons. The molecular formula is C24H18N4O4. The Labute approximate surface area is 182 Å². The lowest BCUT2D eigenvalue weighted by Gasteiger charge is -2.26. The zero-order valence-electron chi connectivity index (χ0n) is 16.8. The Kier molecular flexibility index (Phi) is 4.67. The molecule has 32 heavy (non-hydrogen) atoms. The number of benzene rings is 3. The Morgan fingerprint density at radius 1 is 1.00 bits per heavy atom. The number of phenolic OH excluding ortho intramolecular Hbond substituents is 1. The Balaban J connectivity index is 1.66. The topological polar surface area (TPSA) is 112 Å². The molecule has 1 aromatic heterocycles. The zero-order valence-corrected chi connectivity index (χ0v) is 16.8. The molecule has 1 aliphatic rings. The van der Waals surface area contributed by atoms with Gasteiger partial charge in [0.05, 0.1) is 11.0 Å². The fraction of sp³-hybridized carbons (Fsp3) is 0.0833. The summed E-state index contributed by atoms with van der Waals surface area (Å²) in [7, 11) is 0. The van der Waals surface area contributed by atoms with Gasteiger partial charge in [0.25, 0.3) is 11.6 Å². The third-order valence-electron chi connectivity index (χ3n) is 5.64. The molecule has 3 aromatic carbocycles. The van der Waals surface area contributed by atoms with Gasteiger partial charge in [0.1, 0.15) is 17.1 Å². The summed E-state index contributed by atoms with van der Waals surface area (Å²) in [6.45, 7) is 0.351. The second kappa shape index (κ2) is 7.66. The van der Waals surface area contributed by atoms with Crippen molar-refractivity contribution in [2.75, 3.05) is 0 Å². The maximum atomic E-state index is 13.4. The number of nitro benzene ring substituents is 1. The van der Waals surface area contributed by atoms with Crippen LogP contribution in [0.4, 0.5) is 5.69 Å². The largest absolute Gasteiger partial charge is 0.507 e. The molecule has 8 nitrogen and oxygen atoms in total. The first-order chi connectivity index (χ1) is 15.5. The minimum atomic E-state index is -0.521. The van der Waals surface area contributed by atoms with Crippen molar-refractivity contribution in [3.8, 4) is 17.0 Å². The normalized spacial score (nSPS) is 15.1. The van der Waals surface area contributed by atoms with Gasteiger partial charge in [-0.1, -0.05) is 42.5 Å². The van der Waals surface area contributed by atoms with Gasteiger partial charge in [-0.15, -0.1) is 0 Å². The van der Waals surface area contributed by atoms with Crippen molar-refractivity contribution in [1.82, 2.24) is 15.1 Å². The minimum absolute atomic E-state index is 0.0268. The molecule has 0 saturated carbocycles. The number of amides is 1. The number of nitro groups is 1. The highest BCUT2D eigenvalue weighted by Crippen LogP contribution is 2.45. The van der Waals surface area contributed by atoms with Gasteiger partial charge < -0.3 is 10.0 Å². The number of hydrogen-bond acceptors (Lipinski definition) is 5. The summed E-state index contributed by atoms with van der Waals surface area (Å²) in [6, 6.07) is 22.1. The predicted molar refractivity (Wildman–Crippen MR) is 117 cm³/mol. The smallest absolute Gasteiger partial charge is 0.273 e. The summed E-state index contributed by atoms with van der Waals surface area (Å²) in [6.07, 6.45) is 0. The van der Waals surface area contributed by atoms with Crippen LogP contribution in [0.2, 0.25) is 0 Å². The molecule has 2 heterocycles. The van der Waals surface area contributed by atoms with Crippen LogP contribution in [0.5, 0.6) is 5.75 Å². The molecule has 5 rings (SSSR count). The Bertz CT molecular complexity index is 1320. The molecule has 0 saturated heterocycles. The first kappa shape index (κ1) is 19.5. The Morgan fingerprint density at radius 3 is 2.38 bits per heavy atom. The van der Waals surface area contributed by atoms with Gasteiger partial charge in [-0.2, -0.15) is 5.10 Å². The van der Waals surface area contributed by atoms with E-state index in [4.69, 9.17) is 0 Å². The lowest BCUT2D eigenvalue weighted by atomic mass is 9.95. The van der Waals surface area contributed by atoms with E-state index in [0.29, 0.717) is 29.1 Å². The van der Waals surface area contributed by atoms with Crippen LogP contribution in [0.1, 0.15) is 33.2 Å². The summed E-state index contributed by atoms with van der Waals surface area (Å²) in [5.74, 6) is -0.167. The number of aromatic amines is 1. The number of carbonyl (C=O) groups excluding carboxylic acids is 1. The molecule has 1 amide bonds. The summed E-state index contributed by atoms with van der Waals surface area (Å²) < 4.78 is 0.